The van der Waals surface area contributed by atoms with Crippen molar-refractivity contribution in [1.82, 2.24) is 5.32 Å². The van der Waals surface area contributed by atoms with Gasteiger partial charge in [0.25, 0.3) is 0 Å². The Balaban J connectivity index is 1.48. The maximum absolute atomic E-state index is 9.94. The molecular formula is C13H17NOS. The Labute approximate surface area is 100.0 Å². The zero-order valence-electron chi connectivity index (χ0n) is 9.17. The average molecular weight is 235 g/mol. The van der Waals surface area contributed by atoms with E-state index in [1.54, 1.807) is 11.3 Å². The molecule has 2 N–H and O–H groups in total. The molecule has 2 aliphatic carbocycles. The van der Waals surface area contributed by atoms with Gasteiger partial charge in [0.15, 0.2) is 0 Å². The molecule has 2 aliphatic rings. The van der Waals surface area contributed by atoms with Crippen LogP contribution in [0.25, 0.3) is 0 Å². The first-order chi connectivity index (χ1) is 7.84. The molecule has 1 aromatic heterocycles. The summed E-state index contributed by atoms with van der Waals surface area (Å²) in [5.41, 5.74) is 1.04. The van der Waals surface area contributed by atoms with Gasteiger partial charge < -0.3 is 10.4 Å². The van der Waals surface area contributed by atoms with Crippen LogP contribution in [0.1, 0.15) is 24.5 Å². The van der Waals surface area contributed by atoms with Gasteiger partial charge in [-0.25, -0.2) is 0 Å². The number of nitrogens with one attached hydrogen (secondary N) is 1. The van der Waals surface area contributed by atoms with Crippen LogP contribution in [0.4, 0.5) is 0 Å². The fourth-order valence-electron chi connectivity index (χ4n) is 2.79. The van der Waals surface area contributed by atoms with Crippen molar-refractivity contribution >= 4 is 11.3 Å². The summed E-state index contributed by atoms with van der Waals surface area (Å²) in [6.45, 7) is 0.679. The second-order valence-corrected chi connectivity index (χ2v) is 5.60. The summed E-state index contributed by atoms with van der Waals surface area (Å²) in [5.74, 6) is 1.62. The lowest BCUT2D eigenvalue weighted by molar-refractivity contribution is 0.122. The Morgan fingerprint density at radius 3 is 3.25 bits per heavy atom. The molecule has 0 aromatic carbocycles. The lowest BCUT2D eigenvalue weighted by Gasteiger charge is -2.41. The van der Waals surface area contributed by atoms with Crippen LogP contribution in [0.15, 0.2) is 29.0 Å². The van der Waals surface area contributed by atoms with E-state index in [4.69, 9.17) is 0 Å². The zero-order valence-corrected chi connectivity index (χ0v) is 9.99. The Hall–Kier alpha value is -0.640. The van der Waals surface area contributed by atoms with E-state index in [2.05, 4.69) is 17.5 Å². The van der Waals surface area contributed by atoms with Gasteiger partial charge in [-0.1, -0.05) is 12.2 Å². The standard InChI is InChI=1S/C13H17NOS/c15-13(10-4-5-16-8-10)7-14-12-6-9-2-1-3-11(9)12/h1,3-5,8-9,11-15H,2,6-7H2. The van der Waals surface area contributed by atoms with Gasteiger partial charge in [-0.3, -0.25) is 0 Å². The largest absolute Gasteiger partial charge is 0.387 e. The van der Waals surface area contributed by atoms with Gasteiger partial charge in [-0.15, -0.1) is 0 Å². The summed E-state index contributed by atoms with van der Waals surface area (Å²) in [6.07, 6.45) is 6.81. The van der Waals surface area contributed by atoms with Crippen LogP contribution >= 0.6 is 11.3 Å². The molecule has 3 rings (SSSR count). The van der Waals surface area contributed by atoms with Crippen LogP contribution in [0.5, 0.6) is 0 Å². The second-order valence-electron chi connectivity index (χ2n) is 4.82. The van der Waals surface area contributed by atoms with Gasteiger partial charge in [0.2, 0.25) is 0 Å². The van der Waals surface area contributed by atoms with E-state index in [1.165, 1.54) is 12.8 Å². The number of thiophene rings is 1. The highest BCUT2D eigenvalue weighted by molar-refractivity contribution is 7.07. The molecule has 16 heavy (non-hydrogen) atoms. The molecule has 4 atom stereocenters. The van der Waals surface area contributed by atoms with E-state index >= 15 is 0 Å². The van der Waals surface area contributed by atoms with Crippen LogP contribution in [-0.4, -0.2) is 17.7 Å². The molecule has 0 amide bonds. The van der Waals surface area contributed by atoms with E-state index in [0.29, 0.717) is 12.6 Å². The smallest absolute Gasteiger partial charge is 0.0922 e. The van der Waals surface area contributed by atoms with Crippen molar-refractivity contribution in [3.8, 4) is 0 Å². The molecule has 86 valence electrons. The molecule has 3 heteroatoms. The van der Waals surface area contributed by atoms with Gasteiger partial charge in [0, 0.05) is 12.6 Å². The van der Waals surface area contributed by atoms with E-state index in [0.717, 1.165) is 17.4 Å². The summed E-state index contributed by atoms with van der Waals surface area (Å²) >= 11 is 1.64. The number of hydrogen-bond donors (Lipinski definition) is 2. The van der Waals surface area contributed by atoms with E-state index in [-0.39, 0.29) is 6.10 Å². The first-order valence-electron chi connectivity index (χ1n) is 5.95. The highest BCUT2D eigenvalue weighted by atomic mass is 32.1. The number of aliphatic hydroxyl groups excluding tert-OH is 1. The molecule has 1 fully saturated rings. The minimum Gasteiger partial charge on any atom is -0.387 e. The summed E-state index contributed by atoms with van der Waals surface area (Å²) in [4.78, 5) is 0. The topological polar surface area (TPSA) is 32.3 Å². The highest BCUT2D eigenvalue weighted by Crippen LogP contribution is 2.42. The molecule has 2 nitrogen and oxygen atoms in total. The summed E-state index contributed by atoms with van der Waals surface area (Å²) in [5, 5.41) is 17.5. The average Bonchev–Trinajstić information content (AvgIpc) is 2.88. The van der Waals surface area contributed by atoms with E-state index in [1.807, 2.05) is 16.8 Å². The highest BCUT2D eigenvalue weighted by Gasteiger charge is 2.40. The van der Waals surface area contributed by atoms with Crippen LogP contribution in [0.2, 0.25) is 0 Å². The molecule has 4 unspecified atom stereocenters. The summed E-state index contributed by atoms with van der Waals surface area (Å²) < 4.78 is 0. The molecule has 1 heterocycles. The molecule has 0 saturated heterocycles. The maximum Gasteiger partial charge on any atom is 0.0922 e. The van der Waals surface area contributed by atoms with Gasteiger partial charge in [-0.05, 0) is 47.1 Å². The molecule has 0 radical (unpaired) electrons. The maximum atomic E-state index is 9.94. The molecule has 1 saturated carbocycles. The summed E-state index contributed by atoms with van der Waals surface area (Å²) in [7, 11) is 0. The quantitative estimate of drug-likeness (QED) is 0.785. The number of rotatable bonds is 4. The molecule has 0 spiro atoms. The van der Waals surface area contributed by atoms with Crippen molar-refractivity contribution in [2.45, 2.75) is 25.0 Å². The van der Waals surface area contributed by atoms with Gasteiger partial charge >= 0.3 is 0 Å². The summed E-state index contributed by atoms with van der Waals surface area (Å²) in [6, 6.07) is 2.59. The van der Waals surface area contributed by atoms with Crippen molar-refractivity contribution in [2.24, 2.45) is 11.8 Å². The minimum absolute atomic E-state index is 0.351. The van der Waals surface area contributed by atoms with Crippen molar-refractivity contribution < 1.29 is 5.11 Å². The predicted octanol–water partition coefficient (Wildman–Crippen LogP) is 2.34. The van der Waals surface area contributed by atoms with Crippen LogP contribution in [0, 0.1) is 11.8 Å². The SMILES string of the molecule is OC(CNC1CC2CC=CC21)c1ccsc1. The lowest BCUT2D eigenvalue weighted by atomic mass is 9.71. The molecule has 0 bridgehead atoms. The number of fused-ring (bicyclic) bond motifs is 1. The van der Waals surface area contributed by atoms with Crippen LogP contribution in [0.3, 0.4) is 0 Å². The monoisotopic (exact) mass is 235 g/mol. The Kier molecular flexibility index (Phi) is 2.84. The lowest BCUT2D eigenvalue weighted by Crippen LogP contribution is -2.49. The van der Waals surface area contributed by atoms with Crippen molar-refractivity contribution in [3.05, 3.63) is 34.5 Å². The third-order valence-electron chi connectivity index (χ3n) is 3.86. The Bertz CT molecular complexity index is 373. The fourth-order valence-corrected chi connectivity index (χ4v) is 3.50. The fraction of sp³-hybridized carbons (Fsp3) is 0.538. The first kappa shape index (κ1) is 10.5. The second kappa shape index (κ2) is 4.32. The van der Waals surface area contributed by atoms with Gasteiger partial charge in [-0.2, -0.15) is 11.3 Å². The van der Waals surface area contributed by atoms with Crippen LogP contribution in [-0.2, 0) is 0 Å². The van der Waals surface area contributed by atoms with E-state index in [9.17, 15) is 5.11 Å². The zero-order chi connectivity index (χ0) is 11.0. The number of hydrogen-bond acceptors (Lipinski definition) is 3. The van der Waals surface area contributed by atoms with E-state index < -0.39 is 0 Å². The number of aliphatic hydroxyl groups is 1. The first-order valence-corrected chi connectivity index (χ1v) is 6.89. The van der Waals surface area contributed by atoms with Crippen LogP contribution < -0.4 is 5.32 Å². The molecule has 1 aromatic rings. The van der Waals surface area contributed by atoms with Crippen molar-refractivity contribution in [1.29, 1.82) is 0 Å². The molecular weight excluding hydrogens is 218 g/mol. The number of allylic oxidation sites excluding steroid dienone is 1. The normalized spacial score (nSPS) is 33.4. The molecule has 0 aliphatic heterocycles. The van der Waals surface area contributed by atoms with Crippen molar-refractivity contribution in [3.63, 3.8) is 0 Å². The van der Waals surface area contributed by atoms with Crippen molar-refractivity contribution in [2.75, 3.05) is 6.54 Å². The third-order valence-corrected chi connectivity index (χ3v) is 4.57. The van der Waals surface area contributed by atoms with Gasteiger partial charge in [0.1, 0.15) is 0 Å². The third kappa shape index (κ3) is 1.83. The minimum atomic E-state index is -0.351. The van der Waals surface area contributed by atoms with Gasteiger partial charge in [0.05, 0.1) is 6.10 Å². The Morgan fingerprint density at radius 1 is 1.56 bits per heavy atom. The predicted molar refractivity (Wildman–Crippen MR) is 66.4 cm³/mol. The Morgan fingerprint density at radius 2 is 2.50 bits per heavy atom.